The van der Waals surface area contributed by atoms with Gasteiger partial charge in [0.15, 0.2) is 0 Å². The van der Waals surface area contributed by atoms with Crippen molar-refractivity contribution in [3.05, 3.63) is 65.5 Å². The molecule has 0 bridgehead atoms. The van der Waals surface area contributed by atoms with Gasteiger partial charge in [-0.25, -0.2) is 0 Å². The summed E-state index contributed by atoms with van der Waals surface area (Å²) in [4.78, 5) is 16.5. The maximum Gasteiger partial charge on any atom is 0.418 e. The number of carbonyl (C=O) groups is 1. The number of nitrogens with one attached hydrogen (secondary N) is 1. The smallest absolute Gasteiger partial charge is 0.418 e. The van der Waals surface area contributed by atoms with Crippen LogP contribution in [0.5, 0.6) is 0 Å². The lowest BCUT2D eigenvalue weighted by atomic mass is 10.1. The Hall–Kier alpha value is -3.24. The van der Waals surface area contributed by atoms with Gasteiger partial charge in [0.05, 0.1) is 23.8 Å². The molecule has 1 aromatic heterocycles. The number of aryl methyl sites for hydroxylation is 1. The summed E-state index contributed by atoms with van der Waals surface area (Å²) in [5.41, 5.74) is 0.890. The van der Waals surface area contributed by atoms with E-state index in [-0.39, 0.29) is 18.3 Å². The van der Waals surface area contributed by atoms with E-state index in [1.54, 1.807) is 0 Å². The molecule has 0 spiro atoms. The van der Waals surface area contributed by atoms with E-state index in [1.165, 1.54) is 18.2 Å². The third kappa shape index (κ3) is 5.63. The van der Waals surface area contributed by atoms with E-state index >= 15 is 0 Å². The number of carbonyl (C=O) groups excluding carboxylic acids is 1. The van der Waals surface area contributed by atoms with Gasteiger partial charge in [-0.2, -0.15) is 13.2 Å². The zero-order valence-corrected chi connectivity index (χ0v) is 19.0. The molecule has 2 heterocycles. The number of aromatic nitrogens is 2. The van der Waals surface area contributed by atoms with E-state index in [4.69, 9.17) is 4.42 Å². The van der Waals surface area contributed by atoms with Crippen molar-refractivity contribution in [2.75, 3.05) is 38.0 Å². The average Bonchev–Trinajstić information content (AvgIpc) is 3.29. The molecule has 1 aliphatic heterocycles. The minimum atomic E-state index is -4.53. The average molecular weight is 473 g/mol. The lowest BCUT2D eigenvalue weighted by Gasteiger charge is -2.36. The van der Waals surface area contributed by atoms with Crippen LogP contribution in [0.1, 0.15) is 30.0 Å². The molecule has 1 N–H and O–H groups in total. The minimum Gasteiger partial charge on any atom is -0.419 e. The molecule has 1 unspecified atom stereocenters. The molecule has 0 radical (unpaired) electrons. The van der Waals surface area contributed by atoms with Crippen LogP contribution in [-0.2, 0) is 11.0 Å². The van der Waals surface area contributed by atoms with Crippen molar-refractivity contribution < 1.29 is 22.4 Å². The SMILES string of the molecule is Cc1cccc(-c2nnc(C(C)N3CCN(CC(=O)Nc4ccccc4C(F)(F)F)CC3)o2)c1. The molecule has 1 aliphatic rings. The fourth-order valence-electron chi connectivity index (χ4n) is 4.00. The molecule has 1 fully saturated rings. The number of anilines is 1. The van der Waals surface area contributed by atoms with Crippen LogP contribution in [-0.4, -0.2) is 58.6 Å². The van der Waals surface area contributed by atoms with Gasteiger partial charge in [0, 0.05) is 31.7 Å². The first kappa shape index (κ1) is 23.9. The Kier molecular flexibility index (Phi) is 6.99. The van der Waals surface area contributed by atoms with Gasteiger partial charge >= 0.3 is 6.18 Å². The normalized spacial score (nSPS) is 16.4. The first-order chi connectivity index (χ1) is 16.2. The van der Waals surface area contributed by atoms with Crippen molar-refractivity contribution in [3.63, 3.8) is 0 Å². The maximum absolute atomic E-state index is 13.1. The molecule has 180 valence electrons. The number of halogens is 3. The summed E-state index contributed by atoms with van der Waals surface area (Å²) in [5.74, 6) is 0.518. The lowest BCUT2D eigenvalue weighted by molar-refractivity contribution is -0.137. The number of hydrogen-bond acceptors (Lipinski definition) is 6. The van der Waals surface area contributed by atoms with Crippen LogP contribution >= 0.6 is 0 Å². The van der Waals surface area contributed by atoms with Gasteiger partial charge in [-0.3, -0.25) is 14.6 Å². The second kappa shape index (κ2) is 9.94. The molecule has 34 heavy (non-hydrogen) atoms. The highest BCUT2D eigenvalue weighted by molar-refractivity contribution is 5.93. The number of alkyl halides is 3. The van der Waals surface area contributed by atoms with Gasteiger partial charge in [0.1, 0.15) is 0 Å². The molecule has 2 aromatic carbocycles. The second-order valence-electron chi connectivity index (χ2n) is 8.39. The van der Waals surface area contributed by atoms with Crippen molar-refractivity contribution in [1.29, 1.82) is 0 Å². The number of benzene rings is 2. The van der Waals surface area contributed by atoms with Crippen molar-refractivity contribution in [2.24, 2.45) is 0 Å². The minimum absolute atomic E-state index is 0.0203. The predicted molar refractivity (Wildman–Crippen MR) is 121 cm³/mol. The number of amides is 1. The highest BCUT2D eigenvalue weighted by Gasteiger charge is 2.34. The van der Waals surface area contributed by atoms with Gasteiger partial charge in [-0.15, -0.1) is 10.2 Å². The van der Waals surface area contributed by atoms with Crippen LogP contribution in [0.15, 0.2) is 52.9 Å². The van der Waals surface area contributed by atoms with Crippen LogP contribution in [0.3, 0.4) is 0 Å². The molecule has 7 nitrogen and oxygen atoms in total. The first-order valence-corrected chi connectivity index (χ1v) is 11.0. The Morgan fingerprint density at radius 1 is 1.09 bits per heavy atom. The Labute approximate surface area is 195 Å². The van der Waals surface area contributed by atoms with Crippen molar-refractivity contribution in [3.8, 4) is 11.5 Å². The van der Waals surface area contributed by atoms with Crippen molar-refractivity contribution in [1.82, 2.24) is 20.0 Å². The zero-order chi connectivity index (χ0) is 24.3. The van der Waals surface area contributed by atoms with Crippen LogP contribution in [0, 0.1) is 6.92 Å². The van der Waals surface area contributed by atoms with Crippen LogP contribution < -0.4 is 5.32 Å². The number of piperazine rings is 1. The predicted octanol–water partition coefficient (Wildman–Crippen LogP) is 4.38. The fourth-order valence-corrected chi connectivity index (χ4v) is 4.00. The fraction of sp³-hybridized carbons (Fsp3) is 0.375. The van der Waals surface area contributed by atoms with Crippen LogP contribution in [0.4, 0.5) is 18.9 Å². The maximum atomic E-state index is 13.1. The molecule has 3 aromatic rings. The molecule has 10 heteroatoms. The van der Waals surface area contributed by atoms with E-state index in [9.17, 15) is 18.0 Å². The number of hydrogen-bond donors (Lipinski definition) is 1. The Balaban J connectivity index is 1.30. The van der Waals surface area contributed by atoms with Gasteiger partial charge in [-0.05, 0) is 38.1 Å². The van der Waals surface area contributed by atoms with Crippen molar-refractivity contribution >= 4 is 11.6 Å². The molecule has 1 atom stereocenters. The summed E-state index contributed by atoms with van der Waals surface area (Å²) in [6.07, 6.45) is -4.53. The van der Waals surface area contributed by atoms with Gasteiger partial charge in [0.2, 0.25) is 17.7 Å². The Morgan fingerprint density at radius 3 is 2.53 bits per heavy atom. The molecule has 4 rings (SSSR count). The van der Waals surface area contributed by atoms with Gasteiger partial charge < -0.3 is 9.73 Å². The summed E-state index contributed by atoms with van der Waals surface area (Å²) in [7, 11) is 0. The topological polar surface area (TPSA) is 74.5 Å². The van der Waals surface area contributed by atoms with Gasteiger partial charge in [-0.1, -0.05) is 29.8 Å². The lowest BCUT2D eigenvalue weighted by Crippen LogP contribution is -2.49. The second-order valence-corrected chi connectivity index (χ2v) is 8.39. The summed E-state index contributed by atoms with van der Waals surface area (Å²) in [6.45, 7) is 6.52. The summed E-state index contributed by atoms with van der Waals surface area (Å²) < 4.78 is 45.3. The third-order valence-corrected chi connectivity index (χ3v) is 5.89. The Morgan fingerprint density at radius 2 is 1.82 bits per heavy atom. The molecule has 0 aliphatic carbocycles. The quantitative estimate of drug-likeness (QED) is 0.573. The molecule has 1 saturated heterocycles. The molecular formula is C24H26F3N5O2. The summed E-state index contributed by atoms with van der Waals surface area (Å²) in [5, 5.41) is 10.8. The van der Waals surface area contributed by atoms with Crippen LogP contribution in [0.2, 0.25) is 0 Å². The molecule has 0 saturated carbocycles. The third-order valence-electron chi connectivity index (χ3n) is 5.89. The van der Waals surface area contributed by atoms with E-state index < -0.39 is 17.6 Å². The monoisotopic (exact) mass is 473 g/mol. The number of para-hydroxylation sites is 1. The standard InChI is InChI=1S/C24H26F3N5O2/c1-16-6-5-7-18(14-16)23-30-29-22(34-23)17(2)32-12-10-31(11-13-32)15-21(33)28-20-9-4-3-8-19(20)24(25,26)27/h3-9,14,17H,10-13,15H2,1-2H3,(H,28,33). The first-order valence-electron chi connectivity index (χ1n) is 11.0. The number of rotatable bonds is 6. The highest BCUT2D eigenvalue weighted by atomic mass is 19.4. The zero-order valence-electron chi connectivity index (χ0n) is 19.0. The summed E-state index contributed by atoms with van der Waals surface area (Å²) >= 11 is 0. The Bertz CT molecular complexity index is 1140. The number of nitrogens with zero attached hydrogens (tertiary/aromatic N) is 4. The van der Waals surface area contributed by atoms with Crippen molar-refractivity contribution in [2.45, 2.75) is 26.1 Å². The van der Waals surface area contributed by atoms with E-state index in [0.29, 0.717) is 38.0 Å². The van der Waals surface area contributed by atoms with E-state index in [1.807, 2.05) is 43.0 Å². The molecule has 1 amide bonds. The van der Waals surface area contributed by atoms with E-state index in [0.717, 1.165) is 17.2 Å². The largest absolute Gasteiger partial charge is 0.419 e. The van der Waals surface area contributed by atoms with Crippen LogP contribution in [0.25, 0.3) is 11.5 Å². The summed E-state index contributed by atoms with van der Waals surface area (Å²) in [6, 6.07) is 12.7. The molecular weight excluding hydrogens is 447 g/mol. The van der Waals surface area contributed by atoms with Gasteiger partial charge in [0.25, 0.3) is 0 Å². The van der Waals surface area contributed by atoms with E-state index in [2.05, 4.69) is 20.4 Å². The highest BCUT2D eigenvalue weighted by Crippen LogP contribution is 2.34.